The van der Waals surface area contributed by atoms with Crippen LogP contribution in [0.1, 0.15) is 25.0 Å². The molecule has 0 radical (unpaired) electrons. The van der Waals surface area contributed by atoms with Crippen LogP contribution in [0, 0.1) is 0 Å². The van der Waals surface area contributed by atoms with Crippen molar-refractivity contribution in [2.75, 3.05) is 0 Å². The van der Waals surface area contributed by atoms with Crippen molar-refractivity contribution in [3.63, 3.8) is 0 Å². The molecule has 0 aliphatic heterocycles. The van der Waals surface area contributed by atoms with Gasteiger partial charge in [-0.3, -0.25) is 0 Å². The highest BCUT2D eigenvalue weighted by Gasteiger charge is 2.39. The van der Waals surface area contributed by atoms with Gasteiger partial charge in [0.25, 0.3) is 0 Å². The summed E-state index contributed by atoms with van der Waals surface area (Å²) in [5.74, 6) is 0. The number of rotatable bonds is 7. The first-order chi connectivity index (χ1) is 13.2. The predicted octanol–water partition coefficient (Wildman–Crippen LogP) is 4.95. The Bertz CT molecular complexity index is 804. The summed E-state index contributed by atoms with van der Waals surface area (Å²) in [5.41, 5.74) is 1.28. The van der Waals surface area contributed by atoms with Crippen LogP contribution in [0.5, 0.6) is 0 Å². The van der Waals surface area contributed by atoms with Crippen molar-refractivity contribution in [2.45, 2.75) is 31.5 Å². The summed E-state index contributed by atoms with van der Waals surface area (Å²) >= 11 is 0. The number of aliphatic hydroxyl groups is 1. The van der Waals surface area contributed by atoms with Crippen LogP contribution in [0.2, 0.25) is 12.1 Å². The fourth-order valence-corrected chi connectivity index (χ4v) is 8.19. The Balaban J connectivity index is 2.05. The molecule has 27 heavy (non-hydrogen) atoms. The molecule has 0 amide bonds. The molecule has 0 bridgehead atoms. The molecule has 0 spiro atoms. The third-order valence-electron chi connectivity index (χ3n) is 5.57. The molecule has 0 saturated carbocycles. The van der Waals surface area contributed by atoms with E-state index in [2.05, 4.69) is 86.3 Å². The zero-order chi connectivity index (χ0) is 19.1. The highest BCUT2D eigenvalue weighted by molar-refractivity contribution is 7.02. The lowest BCUT2D eigenvalue weighted by Gasteiger charge is -2.36. The third-order valence-corrected chi connectivity index (χ3v) is 10.6. The summed E-state index contributed by atoms with van der Waals surface area (Å²) in [6.07, 6.45) is 4.70. The van der Waals surface area contributed by atoms with Gasteiger partial charge in [-0.2, -0.15) is 0 Å². The zero-order valence-electron chi connectivity index (χ0n) is 16.1. The van der Waals surface area contributed by atoms with Crippen molar-refractivity contribution in [2.24, 2.45) is 0 Å². The van der Waals surface area contributed by atoms with E-state index in [0.29, 0.717) is 5.54 Å². The first kappa shape index (κ1) is 19.3. The number of hydrogen-bond acceptors (Lipinski definition) is 1. The van der Waals surface area contributed by atoms with Crippen molar-refractivity contribution in [3.05, 3.63) is 109 Å². The fourth-order valence-electron chi connectivity index (χ4n) is 3.95. The van der Waals surface area contributed by atoms with E-state index in [1.165, 1.54) is 10.4 Å². The van der Waals surface area contributed by atoms with Gasteiger partial charge in [-0.25, -0.2) is 0 Å². The topological polar surface area (TPSA) is 20.2 Å². The van der Waals surface area contributed by atoms with Gasteiger partial charge >= 0.3 is 0 Å². The van der Waals surface area contributed by atoms with E-state index < -0.39 is 14.2 Å². The van der Waals surface area contributed by atoms with Crippen LogP contribution in [0.4, 0.5) is 0 Å². The minimum atomic E-state index is -2.09. The van der Waals surface area contributed by atoms with E-state index in [1.54, 1.807) is 0 Å². The average Bonchev–Trinajstić information content (AvgIpc) is 2.74. The van der Waals surface area contributed by atoms with E-state index in [1.807, 2.05) is 30.3 Å². The van der Waals surface area contributed by atoms with Crippen LogP contribution in [0.3, 0.4) is 0 Å². The lowest BCUT2D eigenvalue weighted by molar-refractivity contribution is 0.168. The molecule has 0 aromatic heterocycles. The fraction of sp³-hybridized carbons (Fsp3) is 0.200. The monoisotopic (exact) mass is 372 g/mol. The summed E-state index contributed by atoms with van der Waals surface area (Å²) in [7, 11) is -2.09. The Morgan fingerprint density at radius 2 is 1.22 bits per heavy atom. The second kappa shape index (κ2) is 8.98. The molecule has 3 aromatic carbocycles. The molecular weight excluding hydrogens is 344 g/mol. The molecule has 2 atom stereocenters. The zero-order valence-corrected chi connectivity index (χ0v) is 17.1. The van der Waals surface area contributed by atoms with Crippen molar-refractivity contribution >= 4 is 18.4 Å². The molecule has 0 aliphatic carbocycles. The van der Waals surface area contributed by atoms with Crippen LogP contribution in [0.15, 0.2) is 103 Å². The lowest BCUT2D eigenvalue weighted by atomic mass is 10.0. The molecule has 3 aromatic rings. The molecule has 3 rings (SSSR count). The van der Waals surface area contributed by atoms with Crippen LogP contribution >= 0.6 is 0 Å². The minimum Gasteiger partial charge on any atom is -0.388 e. The third kappa shape index (κ3) is 4.29. The van der Waals surface area contributed by atoms with E-state index in [9.17, 15) is 5.11 Å². The van der Waals surface area contributed by atoms with Crippen LogP contribution < -0.4 is 10.4 Å². The van der Waals surface area contributed by atoms with Crippen molar-refractivity contribution < 1.29 is 5.11 Å². The summed E-state index contributed by atoms with van der Waals surface area (Å²) in [6.45, 7) is 4.51. The van der Waals surface area contributed by atoms with Gasteiger partial charge in [0, 0.05) is 0 Å². The van der Waals surface area contributed by atoms with E-state index in [4.69, 9.17) is 0 Å². The molecule has 0 saturated heterocycles. The van der Waals surface area contributed by atoms with E-state index in [-0.39, 0.29) is 0 Å². The Morgan fingerprint density at radius 1 is 0.778 bits per heavy atom. The minimum absolute atomic E-state index is 0.294. The van der Waals surface area contributed by atoms with Crippen molar-refractivity contribution in [1.82, 2.24) is 0 Å². The van der Waals surface area contributed by atoms with Gasteiger partial charge in [-0.15, -0.1) is 0 Å². The highest BCUT2D eigenvalue weighted by atomic mass is 28.3. The van der Waals surface area contributed by atoms with Gasteiger partial charge in [-0.1, -0.05) is 120 Å². The van der Waals surface area contributed by atoms with Gasteiger partial charge in [0.1, 0.15) is 8.07 Å². The maximum Gasteiger partial charge on any atom is 0.121 e. The van der Waals surface area contributed by atoms with Gasteiger partial charge in [0.15, 0.2) is 0 Å². The van der Waals surface area contributed by atoms with Gasteiger partial charge in [0.05, 0.1) is 6.10 Å². The lowest BCUT2D eigenvalue weighted by Crippen LogP contribution is -2.59. The molecule has 0 aliphatic rings. The first-order valence-corrected chi connectivity index (χ1v) is 12.2. The summed E-state index contributed by atoms with van der Waals surface area (Å²) < 4.78 is 0. The van der Waals surface area contributed by atoms with Crippen molar-refractivity contribution in [3.8, 4) is 0 Å². The molecular formula is C25H28OSi. The molecule has 0 heterocycles. The summed E-state index contributed by atoms with van der Waals surface area (Å²) in [6, 6.07) is 31.7. The summed E-state index contributed by atoms with van der Waals surface area (Å²) in [4.78, 5) is 0. The van der Waals surface area contributed by atoms with Crippen LogP contribution in [0.25, 0.3) is 0 Å². The van der Waals surface area contributed by atoms with E-state index in [0.717, 1.165) is 12.0 Å². The molecule has 0 fully saturated rings. The standard InChI is InChI=1S/C25H28OSi/c1-3-13-24(20-25(26)21-14-7-4-8-15-21)27(2,22-16-9-5-10-17-22)23-18-11-6-12-19-23/h3-19,24-26H,20H2,1-2H3/b13-3+/t24-,25+/m0/s1. The molecule has 0 unspecified atom stereocenters. The average molecular weight is 373 g/mol. The Labute approximate surface area is 164 Å². The summed E-state index contributed by atoms with van der Waals surface area (Å²) in [5, 5.41) is 13.8. The van der Waals surface area contributed by atoms with Crippen LogP contribution in [-0.4, -0.2) is 13.2 Å². The molecule has 2 heteroatoms. The molecule has 1 nitrogen and oxygen atoms in total. The number of hydrogen-bond donors (Lipinski definition) is 1. The Hall–Kier alpha value is -2.42. The Kier molecular flexibility index (Phi) is 6.43. The van der Waals surface area contributed by atoms with Gasteiger partial charge < -0.3 is 5.11 Å². The second-order valence-electron chi connectivity index (χ2n) is 7.23. The largest absolute Gasteiger partial charge is 0.388 e. The molecule has 1 N–H and O–H groups in total. The number of allylic oxidation sites excluding steroid dienone is 2. The normalized spacial score (nSPS) is 14.2. The Morgan fingerprint density at radius 3 is 1.67 bits per heavy atom. The quantitative estimate of drug-likeness (QED) is 0.459. The smallest absolute Gasteiger partial charge is 0.121 e. The molecule has 138 valence electrons. The van der Waals surface area contributed by atoms with Gasteiger partial charge in [-0.05, 0) is 24.4 Å². The van der Waals surface area contributed by atoms with Crippen molar-refractivity contribution in [1.29, 1.82) is 0 Å². The second-order valence-corrected chi connectivity index (χ2v) is 11.5. The first-order valence-electron chi connectivity index (χ1n) is 9.63. The highest BCUT2D eigenvalue weighted by Crippen LogP contribution is 2.33. The van der Waals surface area contributed by atoms with Gasteiger partial charge in [0.2, 0.25) is 0 Å². The van der Waals surface area contributed by atoms with Crippen LogP contribution in [-0.2, 0) is 0 Å². The maximum atomic E-state index is 11.0. The SMILES string of the molecule is C/C=C/[C@@H](C[C@@H](O)c1ccccc1)[Si](C)(c1ccccc1)c1ccccc1. The number of benzene rings is 3. The maximum absolute atomic E-state index is 11.0. The number of aliphatic hydroxyl groups excluding tert-OH is 1. The van der Waals surface area contributed by atoms with E-state index >= 15 is 0 Å². The predicted molar refractivity (Wildman–Crippen MR) is 118 cm³/mol.